The lowest BCUT2D eigenvalue weighted by Gasteiger charge is -2.13. The van der Waals surface area contributed by atoms with Crippen LogP contribution in [0.2, 0.25) is 0 Å². The molecule has 0 spiro atoms. The van der Waals surface area contributed by atoms with Gasteiger partial charge in [-0.2, -0.15) is 0 Å². The fourth-order valence-corrected chi connectivity index (χ4v) is 3.57. The zero-order chi connectivity index (χ0) is 12.5. The fraction of sp³-hybridized carbons (Fsp3) is 0.455. The third-order valence-electron chi connectivity index (χ3n) is 2.75. The first-order chi connectivity index (χ1) is 8.00. The Morgan fingerprint density at radius 2 is 2.24 bits per heavy atom. The number of ether oxygens (including phenoxy) is 1. The number of hydrogen-bond acceptors (Lipinski definition) is 4. The van der Waals surface area contributed by atoms with Crippen LogP contribution in [0.3, 0.4) is 0 Å². The summed E-state index contributed by atoms with van der Waals surface area (Å²) in [6.45, 7) is 0. The van der Waals surface area contributed by atoms with E-state index in [1.807, 2.05) is 0 Å². The normalized spacial score (nSPS) is 22.4. The molecule has 1 fully saturated rings. The minimum atomic E-state index is -2.91. The predicted octanol–water partition coefficient (Wildman–Crippen LogP) is 1.43. The molecule has 4 nitrogen and oxygen atoms in total. The van der Waals surface area contributed by atoms with Crippen LogP contribution in [-0.2, 0) is 9.84 Å². The van der Waals surface area contributed by atoms with Crippen LogP contribution in [0.25, 0.3) is 0 Å². The molecule has 0 radical (unpaired) electrons. The molecule has 0 aromatic heterocycles. The SMILES string of the molecule is COc1cc(NC2CCS(=O)(=O)C2)ccc1F. The number of halogens is 1. The van der Waals surface area contributed by atoms with Crippen molar-refractivity contribution in [3.8, 4) is 5.75 Å². The van der Waals surface area contributed by atoms with Gasteiger partial charge in [0.15, 0.2) is 21.4 Å². The molecule has 0 saturated carbocycles. The Morgan fingerprint density at radius 1 is 1.47 bits per heavy atom. The Balaban J connectivity index is 2.09. The van der Waals surface area contributed by atoms with Crippen molar-refractivity contribution < 1.29 is 17.5 Å². The second-order valence-electron chi connectivity index (χ2n) is 4.09. The molecular formula is C11H14FNO3S. The first-order valence-corrected chi connectivity index (χ1v) is 7.13. The number of benzene rings is 1. The lowest BCUT2D eigenvalue weighted by molar-refractivity contribution is 0.387. The maximum absolute atomic E-state index is 13.2. The quantitative estimate of drug-likeness (QED) is 0.892. The van der Waals surface area contributed by atoms with Crippen LogP contribution in [0.5, 0.6) is 5.75 Å². The Morgan fingerprint density at radius 3 is 2.82 bits per heavy atom. The summed E-state index contributed by atoms with van der Waals surface area (Å²) in [4.78, 5) is 0. The van der Waals surface area contributed by atoms with Crippen molar-refractivity contribution in [2.45, 2.75) is 12.5 Å². The Labute approximate surface area is 99.7 Å². The van der Waals surface area contributed by atoms with E-state index in [0.29, 0.717) is 12.1 Å². The second-order valence-corrected chi connectivity index (χ2v) is 6.32. The van der Waals surface area contributed by atoms with E-state index in [9.17, 15) is 12.8 Å². The maximum atomic E-state index is 13.2. The largest absolute Gasteiger partial charge is 0.494 e. The van der Waals surface area contributed by atoms with Gasteiger partial charge in [0.2, 0.25) is 0 Å². The highest BCUT2D eigenvalue weighted by Gasteiger charge is 2.27. The minimum absolute atomic E-state index is 0.102. The Bertz CT molecular complexity index is 515. The fourth-order valence-electron chi connectivity index (χ4n) is 1.89. The van der Waals surface area contributed by atoms with Crippen LogP contribution < -0.4 is 10.1 Å². The van der Waals surface area contributed by atoms with Gasteiger partial charge in [0.05, 0.1) is 18.6 Å². The van der Waals surface area contributed by atoms with Gasteiger partial charge >= 0.3 is 0 Å². The van der Waals surface area contributed by atoms with Crippen LogP contribution in [0.15, 0.2) is 18.2 Å². The molecule has 1 aromatic rings. The molecule has 6 heteroatoms. The van der Waals surface area contributed by atoms with E-state index in [-0.39, 0.29) is 23.3 Å². The Kier molecular flexibility index (Phi) is 3.24. The van der Waals surface area contributed by atoms with E-state index < -0.39 is 15.7 Å². The molecule has 1 unspecified atom stereocenters. The first-order valence-electron chi connectivity index (χ1n) is 5.31. The number of nitrogens with one attached hydrogen (secondary N) is 1. The lowest BCUT2D eigenvalue weighted by atomic mass is 10.2. The second kappa shape index (κ2) is 4.52. The number of rotatable bonds is 3. The smallest absolute Gasteiger partial charge is 0.165 e. The molecule has 2 rings (SSSR count). The minimum Gasteiger partial charge on any atom is -0.494 e. The van der Waals surface area contributed by atoms with Gasteiger partial charge in [0.25, 0.3) is 0 Å². The highest BCUT2D eigenvalue weighted by molar-refractivity contribution is 7.91. The summed E-state index contributed by atoms with van der Waals surface area (Å²) in [5.41, 5.74) is 0.672. The number of anilines is 1. The van der Waals surface area contributed by atoms with Crippen molar-refractivity contribution in [3.63, 3.8) is 0 Å². The van der Waals surface area contributed by atoms with E-state index in [4.69, 9.17) is 4.74 Å². The van der Waals surface area contributed by atoms with Gasteiger partial charge in [-0.25, -0.2) is 12.8 Å². The highest BCUT2D eigenvalue weighted by atomic mass is 32.2. The third kappa shape index (κ3) is 2.88. The van der Waals surface area contributed by atoms with Crippen LogP contribution >= 0.6 is 0 Å². The summed E-state index contributed by atoms with van der Waals surface area (Å²) in [6, 6.07) is 4.29. The zero-order valence-corrected chi connectivity index (χ0v) is 10.3. The summed E-state index contributed by atoms with van der Waals surface area (Å²) in [5.74, 6) is 0.0586. The summed E-state index contributed by atoms with van der Waals surface area (Å²) in [7, 11) is -1.52. The van der Waals surface area contributed by atoms with E-state index in [1.165, 1.54) is 19.2 Å². The Hall–Kier alpha value is -1.30. The summed E-state index contributed by atoms with van der Waals surface area (Å²) >= 11 is 0. The van der Waals surface area contributed by atoms with Gasteiger partial charge in [-0.05, 0) is 18.6 Å². The van der Waals surface area contributed by atoms with Crippen molar-refractivity contribution in [3.05, 3.63) is 24.0 Å². The molecule has 0 amide bonds. The number of hydrogen-bond donors (Lipinski definition) is 1. The van der Waals surface area contributed by atoms with Crippen LogP contribution in [-0.4, -0.2) is 33.1 Å². The molecule has 1 aliphatic rings. The van der Waals surface area contributed by atoms with Crippen LogP contribution in [0.4, 0.5) is 10.1 Å². The molecule has 17 heavy (non-hydrogen) atoms. The van der Waals surface area contributed by atoms with Gasteiger partial charge in [-0.3, -0.25) is 0 Å². The van der Waals surface area contributed by atoms with E-state index in [0.717, 1.165) is 0 Å². The molecule has 94 valence electrons. The third-order valence-corrected chi connectivity index (χ3v) is 4.52. The highest BCUT2D eigenvalue weighted by Crippen LogP contribution is 2.24. The predicted molar refractivity (Wildman–Crippen MR) is 63.6 cm³/mol. The summed E-state index contributed by atoms with van der Waals surface area (Å²) in [5, 5.41) is 3.07. The molecule has 1 atom stereocenters. The zero-order valence-electron chi connectivity index (χ0n) is 9.44. The maximum Gasteiger partial charge on any atom is 0.165 e. The van der Waals surface area contributed by atoms with Gasteiger partial charge in [0.1, 0.15) is 0 Å². The van der Waals surface area contributed by atoms with Crippen LogP contribution in [0, 0.1) is 5.82 Å². The summed E-state index contributed by atoms with van der Waals surface area (Å²) < 4.78 is 40.6. The summed E-state index contributed by atoms with van der Waals surface area (Å²) in [6.07, 6.45) is 0.585. The van der Waals surface area contributed by atoms with Crippen molar-refractivity contribution in [2.24, 2.45) is 0 Å². The molecule has 1 aliphatic heterocycles. The molecule has 1 aromatic carbocycles. The van der Waals surface area contributed by atoms with Gasteiger partial charge < -0.3 is 10.1 Å². The standard InChI is InChI=1S/C11H14FNO3S/c1-16-11-6-8(2-3-10(11)12)13-9-4-5-17(14,15)7-9/h2-3,6,9,13H,4-5,7H2,1H3. The van der Waals surface area contributed by atoms with Crippen molar-refractivity contribution in [2.75, 3.05) is 23.9 Å². The van der Waals surface area contributed by atoms with Crippen molar-refractivity contribution >= 4 is 15.5 Å². The first kappa shape index (κ1) is 12.2. The van der Waals surface area contributed by atoms with Gasteiger partial charge in [0, 0.05) is 17.8 Å². The van der Waals surface area contributed by atoms with Gasteiger partial charge in [-0.1, -0.05) is 0 Å². The molecule has 0 bridgehead atoms. The topological polar surface area (TPSA) is 55.4 Å². The van der Waals surface area contributed by atoms with E-state index >= 15 is 0 Å². The van der Waals surface area contributed by atoms with Crippen LogP contribution in [0.1, 0.15) is 6.42 Å². The number of sulfone groups is 1. The number of methoxy groups -OCH3 is 1. The van der Waals surface area contributed by atoms with E-state index in [1.54, 1.807) is 6.07 Å². The molecule has 1 N–H and O–H groups in total. The monoisotopic (exact) mass is 259 g/mol. The molecule has 1 saturated heterocycles. The average molecular weight is 259 g/mol. The van der Waals surface area contributed by atoms with Crippen molar-refractivity contribution in [1.29, 1.82) is 0 Å². The molecule has 0 aliphatic carbocycles. The average Bonchev–Trinajstić information content (AvgIpc) is 2.61. The van der Waals surface area contributed by atoms with E-state index in [2.05, 4.69) is 5.32 Å². The van der Waals surface area contributed by atoms with Gasteiger partial charge in [-0.15, -0.1) is 0 Å². The molecular weight excluding hydrogens is 245 g/mol. The molecule has 1 heterocycles. The van der Waals surface area contributed by atoms with Crippen molar-refractivity contribution in [1.82, 2.24) is 0 Å². The lowest BCUT2D eigenvalue weighted by Crippen LogP contribution is -2.20.